The van der Waals surface area contributed by atoms with E-state index in [1.54, 1.807) is 24.3 Å². The van der Waals surface area contributed by atoms with E-state index in [0.717, 1.165) is 4.90 Å². The highest BCUT2D eigenvalue weighted by molar-refractivity contribution is 6.30. The van der Waals surface area contributed by atoms with Gasteiger partial charge in [0.05, 0.1) is 6.04 Å². The number of rotatable bonds is 4. The van der Waals surface area contributed by atoms with Gasteiger partial charge in [0.2, 0.25) is 11.8 Å². The SMILES string of the molecule is O=C([O-])C[C@@H](c1ccc(Cl)cc1)N1C(=O)CCC1=O. The van der Waals surface area contributed by atoms with Gasteiger partial charge in [0.15, 0.2) is 0 Å². The Morgan fingerprint density at radius 3 is 2.21 bits per heavy atom. The number of likely N-dealkylation sites (tertiary alicyclic amines) is 1. The first-order chi connectivity index (χ1) is 8.99. The molecule has 1 aliphatic heterocycles. The molecule has 1 saturated heterocycles. The molecule has 2 amide bonds. The molecule has 100 valence electrons. The van der Waals surface area contributed by atoms with Gasteiger partial charge in [0, 0.05) is 30.3 Å². The van der Waals surface area contributed by atoms with Gasteiger partial charge in [-0.3, -0.25) is 14.5 Å². The molecule has 1 aromatic rings. The fourth-order valence-electron chi connectivity index (χ4n) is 2.14. The van der Waals surface area contributed by atoms with Gasteiger partial charge in [0.1, 0.15) is 0 Å². The normalized spacial score (nSPS) is 16.8. The molecule has 1 fully saturated rings. The molecule has 19 heavy (non-hydrogen) atoms. The molecule has 1 aromatic carbocycles. The van der Waals surface area contributed by atoms with E-state index in [2.05, 4.69) is 0 Å². The highest BCUT2D eigenvalue weighted by atomic mass is 35.5. The highest BCUT2D eigenvalue weighted by Gasteiger charge is 2.35. The van der Waals surface area contributed by atoms with E-state index in [-0.39, 0.29) is 24.7 Å². The molecular formula is C13H11ClNO4-. The third-order valence-electron chi connectivity index (χ3n) is 3.02. The highest BCUT2D eigenvalue weighted by Crippen LogP contribution is 2.30. The van der Waals surface area contributed by atoms with Crippen LogP contribution in [0.25, 0.3) is 0 Å². The van der Waals surface area contributed by atoms with Gasteiger partial charge in [-0.25, -0.2) is 0 Å². The molecule has 0 unspecified atom stereocenters. The van der Waals surface area contributed by atoms with Crippen LogP contribution in [0.15, 0.2) is 24.3 Å². The quantitative estimate of drug-likeness (QED) is 0.760. The van der Waals surface area contributed by atoms with E-state index in [9.17, 15) is 19.5 Å². The number of benzene rings is 1. The Morgan fingerprint density at radius 2 is 1.74 bits per heavy atom. The number of amides is 2. The second-order valence-electron chi connectivity index (χ2n) is 4.30. The Kier molecular flexibility index (Phi) is 3.85. The number of nitrogens with zero attached hydrogens (tertiary/aromatic N) is 1. The van der Waals surface area contributed by atoms with Gasteiger partial charge >= 0.3 is 0 Å². The summed E-state index contributed by atoms with van der Waals surface area (Å²) in [5.41, 5.74) is 0.553. The van der Waals surface area contributed by atoms with Crippen LogP contribution in [0.2, 0.25) is 5.02 Å². The molecule has 0 radical (unpaired) electrons. The zero-order chi connectivity index (χ0) is 14.0. The number of halogens is 1. The molecule has 0 saturated carbocycles. The maximum atomic E-state index is 11.7. The number of carboxylic acid groups (broad SMARTS) is 1. The van der Waals surface area contributed by atoms with Gasteiger partial charge in [-0.2, -0.15) is 0 Å². The lowest BCUT2D eigenvalue weighted by molar-refractivity contribution is -0.306. The first-order valence-corrected chi connectivity index (χ1v) is 6.17. The first-order valence-electron chi connectivity index (χ1n) is 5.79. The molecule has 1 atom stereocenters. The van der Waals surface area contributed by atoms with Crippen LogP contribution < -0.4 is 5.11 Å². The average molecular weight is 281 g/mol. The molecule has 0 bridgehead atoms. The number of carbonyl (C=O) groups is 3. The lowest BCUT2D eigenvalue weighted by Crippen LogP contribution is -2.37. The summed E-state index contributed by atoms with van der Waals surface area (Å²) in [4.78, 5) is 35.3. The Bertz CT molecular complexity index is 510. The Hall–Kier alpha value is -1.88. The van der Waals surface area contributed by atoms with Crippen LogP contribution in [0.5, 0.6) is 0 Å². The number of hydrogen-bond donors (Lipinski definition) is 0. The van der Waals surface area contributed by atoms with E-state index in [4.69, 9.17) is 11.6 Å². The Labute approximate surface area is 114 Å². The third kappa shape index (κ3) is 2.93. The molecule has 5 nitrogen and oxygen atoms in total. The number of carboxylic acids is 1. The molecule has 6 heteroatoms. The molecular weight excluding hydrogens is 270 g/mol. The van der Waals surface area contributed by atoms with Crippen LogP contribution in [0.3, 0.4) is 0 Å². The topological polar surface area (TPSA) is 77.5 Å². The van der Waals surface area contributed by atoms with Crippen molar-refractivity contribution in [3.8, 4) is 0 Å². The standard InChI is InChI=1S/C13H12ClNO4/c14-9-3-1-8(2-4-9)10(7-13(18)19)15-11(16)5-6-12(15)17/h1-4,10H,5-7H2,(H,18,19)/p-1/t10-/m0/s1. The van der Waals surface area contributed by atoms with Crippen molar-refractivity contribution < 1.29 is 19.5 Å². The van der Waals surface area contributed by atoms with Crippen LogP contribution in [0.4, 0.5) is 0 Å². The van der Waals surface area contributed by atoms with Crippen molar-refractivity contribution >= 4 is 29.4 Å². The summed E-state index contributed by atoms with van der Waals surface area (Å²) in [7, 11) is 0. The summed E-state index contributed by atoms with van der Waals surface area (Å²) >= 11 is 5.76. The fourth-order valence-corrected chi connectivity index (χ4v) is 2.27. The Balaban J connectivity index is 2.35. The zero-order valence-electron chi connectivity index (χ0n) is 9.97. The van der Waals surface area contributed by atoms with E-state index < -0.39 is 18.4 Å². The van der Waals surface area contributed by atoms with Crippen molar-refractivity contribution in [2.75, 3.05) is 0 Å². The minimum atomic E-state index is -1.31. The van der Waals surface area contributed by atoms with Crippen molar-refractivity contribution in [2.45, 2.75) is 25.3 Å². The van der Waals surface area contributed by atoms with E-state index in [0.29, 0.717) is 10.6 Å². The van der Waals surface area contributed by atoms with E-state index >= 15 is 0 Å². The third-order valence-corrected chi connectivity index (χ3v) is 3.27. The predicted molar refractivity (Wildman–Crippen MR) is 64.9 cm³/mol. The Morgan fingerprint density at radius 1 is 1.21 bits per heavy atom. The minimum Gasteiger partial charge on any atom is -0.550 e. The molecule has 1 aliphatic rings. The summed E-state index contributed by atoms with van der Waals surface area (Å²) in [6.45, 7) is 0. The van der Waals surface area contributed by atoms with Crippen LogP contribution in [0, 0.1) is 0 Å². The number of carbonyl (C=O) groups excluding carboxylic acids is 3. The van der Waals surface area contributed by atoms with Crippen LogP contribution in [0.1, 0.15) is 30.9 Å². The van der Waals surface area contributed by atoms with Gasteiger partial charge in [-0.15, -0.1) is 0 Å². The van der Waals surface area contributed by atoms with Crippen LogP contribution >= 0.6 is 11.6 Å². The largest absolute Gasteiger partial charge is 0.550 e. The molecule has 0 N–H and O–H groups in total. The second-order valence-corrected chi connectivity index (χ2v) is 4.74. The summed E-state index contributed by atoms with van der Waals surface area (Å²) in [6.07, 6.45) is -0.176. The van der Waals surface area contributed by atoms with Gasteiger partial charge in [0.25, 0.3) is 0 Å². The minimum absolute atomic E-state index is 0.121. The predicted octanol–water partition coefficient (Wildman–Crippen LogP) is 0.670. The molecule has 0 aromatic heterocycles. The van der Waals surface area contributed by atoms with Crippen molar-refractivity contribution in [3.63, 3.8) is 0 Å². The smallest absolute Gasteiger partial charge is 0.230 e. The lowest BCUT2D eigenvalue weighted by atomic mass is 10.0. The summed E-state index contributed by atoms with van der Waals surface area (Å²) in [5.74, 6) is -2.02. The molecule has 2 rings (SSSR count). The molecule has 1 heterocycles. The van der Waals surface area contributed by atoms with Gasteiger partial charge in [-0.05, 0) is 17.7 Å². The summed E-state index contributed by atoms with van der Waals surface area (Å²) < 4.78 is 0. The maximum Gasteiger partial charge on any atom is 0.230 e. The van der Waals surface area contributed by atoms with Crippen LogP contribution in [-0.2, 0) is 14.4 Å². The summed E-state index contributed by atoms with van der Waals surface area (Å²) in [5, 5.41) is 11.3. The monoisotopic (exact) mass is 280 g/mol. The van der Waals surface area contributed by atoms with Crippen LogP contribution in [-0.4, -0.2) is 22.7 Å². The van der Waals surface area contributed by atoms with Crippen molar-refractivity contribution in [2.24, 2.45) is 0 Å². The van der Waals surface area contributed by atoms with E-state index in [1.807, 2.05) is 0 Å². The lowest BCUT2D eigenvalue weighted by Gasteiger charge is -2.27. The first kappa shape index (κ1) is 13.5. The van der Waals surface area contributed by atoms with Crippen molar-refractivity contribution in [1.82, 2.24) is 4.90 Å². The average Bonchev–Trinajstić information content (AvgIpc) is 2.67. The van der Waals surface area contributed by atoms with E-state index in [1.165, 1.54) is 0 Å². The van der Waals surface area contributed by atoms with Crippen molar-refractivity contribution in [3.05, 3.63) is 34.9 Å². The maximum absolute atomic E-state index is 11.7. The van der Waals surface area contributed by atoms with Gasteiger partial charge < -0.3 is 9.90 Å². The molecule has 0 aliphatic carbocycles. The second kappa shape index (κ2) is 5.40. The van der Waals surface area contributed by atoms with Crippen molar-refractivity contribution in [1.29, 1.82) is 0 Å². The molecule has 0 spiro atoms. The number of hydrogen-bond acceptors (Lipinski definition) is 4. The summed E-state index contributed by atoms with van der Waals surface area (Å²) in [6, 6.07) is 5.56. The number of aliphatic carboxylic acids is 1. The zero-order valence-corrected chi connectivity index (χ0v) is 10.7. The fraction of sp³-hybridized carbons (Fsp3) is 0.308. The van der Waals surface area contributed by atoms with Gasteiger partial charge in [-0.1, -0.05) is 23.7 Å². The number of imide groups is 1.